The molecular formula is C18H33ClIN5. The molecule has 0 saturated carbocycles. The molecule has 2 heterocycles. The van der Waals surface area contributed by atoms with Gasteiger partial charge in [0, 0.05) is 46.1 Å². The first-order valence-corrected chi connectivity index (χ1v) is 9.32. The molecule has 0 spiro atoms. The van der Waals surface area contributed by atoms with Gasteiger partial charge in [-0.1, -0.05) is 24.9 Å². The van der Waals surface area contributed by atoms with Crippen LogP contribution in [0.2, 0.25) is 5.02 Å². The van der Waals surface area contributed by atoms with Crippen molar-refractivity contribution in [3.63, 3.8) is 0 Å². The predicted molar refractivity (Wildman–Crippen MR) is 118 cm³/mol. The first-order valence-electron chi connectivity index (χ1n) is 8.94. The van der Waals surface area contributed by atoms with Crippen molar-refractivity contribution in [2.75, 3.05) is 40.3 Å². The molecule has 1 atom stereocenters. The van der Waals surface area contributed by atoms with Crippen LogP contribution in [-0.2, 0) is 13.6 Å². The van der Waals surface area contributed by atoms with Gasteiger partial charge in [-0.25, -0.2) is 0 Å². The quantitative estimate of drug-likeness (QED) is 0.384. The van der Waals surface area contributed by atoms with Crippen LogP contribution in [0.5, 0.6) is 0 Å². The maximum atomic E-state index is 6.07. The largest absolute Gasteiger partial charge is 0.356 e. The van der Waals surface area contributed by atoms with Crippen LogP contribution in [0.1, 0.15) is 31.9 Å². The third-order valence-electron chi connectivity index (χ3n) is 4.67. The van der Waals surface area contributed by atoms with Crippen molar-refractivity contribution >= 4 is 41.5 Å². The molecule has 0 aliphatic carbocycles. The van der Waals surface area contributed by atoms with Crippen LogP contribution >= 0.6 is 35.6 Å². The van der Waals surface area contributed by atoms with Gasteiger partial charge in [-0.3, -0.25) is 4.99 Å². The number of likely N-dealkylation sites (tertiary alicyclic amines) is 1. The molecule has 1 aliphatic rings. The molecule has 0 aromatic carbocycles. The fraction of sp³-hybridized carbons (Fsp3) is 0.722. The average Bonchev–Trinajstić information content (AvgIpc) is 2.86. The Morgan fingerprint density at radius 1 is 1.36 bits per heavy atom. The molecule has 0 bridgehead atoms. The Morgan fingerprint density at radius 2 is 2.04 bits per heavy atom. The topological polar surface area (TPSA) is 35.8 Å². The van der Waals surface area contributed by atoms with Crippen LogP contribution in [0, 0.1) is 5.92 Å². The van der Waals surface area contributed by atoms with E-state index in [9.17, 15) is 0 Å². The van der Waals surface area contributed by atoms with Gasteiger partial charge in [-0.15, -0.1) is 24.0 Å². The summed E-state index contributed by atoms with van der Waals surface area (Å²) in [5.41, 5.74) is 1.17. The molecule has 5 nitrogen and oxygen atoms in total. The Kier molecular flexibility index (Phi) is 10.2. The molecular weight excluding hydrogens is 449 g/mol. The molecule has 1 N–H and O–H groups in total. The van der Waals surface area contributed by atoms with Gasteiger partial charge in [-0.2, -0.15) is 0 Å². The zero-order valence-corrected chi connectivity index (χ0v) is 19.1. The Hall–Kier alpha value is -0.470. The number of aryl methyl sites for hydroxylation is 1. The minimum atomic E-state index is 0. The summed E-state index contributed by atoms with van der Waals surface area (Å²) in [6.45, 7) is 7.72. The monoisotopic (exact) mass is 481 g/mol. The van der Waals surface area contributed by atoms with Gasteiger partial charge in [0.25, 0.3) is 0 Å². The minimum Gasteiger partial charge on any atom is -0.356 e. The van der Waals surface area contributed by atoms with Gasteiger partial charge in [0.05, 0.1) is 11.6 Å². The average molecular weight is 482 g/mol. The smallest absolute Gasteiger partial charge is 0.193 e. The molecule has 2 rings (SSSR count). The standard InChI is InChI=1S/C18H32ClN5.HI/c1-15(12-24-8-6-5-7-9-24)11-21-18(20-2)23(4)14-17-10-16(19)13-22(17)3;/h10,13,15H,5-9,11-12,14H2,1-4H3,(H,20,21);1H. The Labute approximate surface area is 174 Å². The molecule has 1 unspecified atom stereocenters. The van der Waals surface area contributed by atoms with Crippen molar-refractivity contribution in [3.8, 4) is 0 Å². The van der Waals surface area contributed by atoms with Crippen LogP contribution in [0.15, 0.2) is 17.3 Å². The molecule has 1 aliphatic heterocycles. The lowest BCUT2D eigenvalue weighted by molar-refractivity contribution is 0.200. The number of rotatable bonds is 6. The van der Waals surface area contributed by atoms with E-state index >= 15 is 0 Å². The van der Waals surface area contributed by atoms with E-state index in [1.807, 2.05) is 26.4 Å². The lowest BCUT2D eigenvalue weighted by Gasteiger charge is -2.30. The summed E-state index contributed by atoms with van der Waals surface area (Å²) in [5.74, 6) is 1.54. The van der Waals surface area contributed by atoms with Crippen LogP contribution < -0.4 is 5.32 Å². The highest BCUT2D eigenvalue weighted by atomic mass is 127. The zero-order valence-electron chi connectivity index (χ0n) is 16.0. The van der Waals surface area contributed by atoms with Crippen molar-refractivity contribution in [3.05, 3.63) is 23.0 Å². The highest BCUT2D eigenvalue weighted by Gasteiger charge is 2.15. The van der Waals surface area contributed by atoms with Crippen LogP contribution in [-0.4, -0.2) is 60.6 Å². The lowest BCUT2D eigenvalue weighted by Crippen LogP contribution is -2.43. The van der Waals surface area contributed by atoms with E-state index < -0.39 is 0 Å². The highest BCUT2D eigenvalue weighted by Crippen LogP contribution is 2.14. The summed E-state index contributed by atoms with van der Waals surface area (Å²) in [6, 6.07) is 2.00. The molecule has 1 aromatic heterocycles. The third kappa shape index (κ3) is 7.35. The molecule has 25 heavy (non-hydrogen) atoms. The summed E-state index contributed by atoms with van der Waals surface area (Å²) >= 11 is 6.07. The molecule has 7 heteroatoms. The maximum absolute atomic E-state index is 6.07. The zero-order chi connectivity index (χ0) is 17.5. The third-order valence-corrected chi connectivity index (χ3v) is 4.88. The highest BCUT2D eigenvalue weighted by molar-refractivity contribution is 14.0. The second-order valence-corrected chi connectivity index (χ2v) is 7.45. The van der Waals surface area contributed by atoms with E-state index in [4.69, 9.17) is 11.6 Å². The van der Waals surface area contributed by atoms with E-state index in [-0.39, 0.29) is 24.0 Å². The molecule has 1 aromatic rings. The van der Waals surface area contributed by atoms with Gasteiger partial charge in [0.2, 0.25) is 0 Å². The van der Waals surface area contributed by atoms with Gasteiger partial charge < -0.3 is 19.7 Å². The number of halogens is 2. The van der Waals surface area contributed by atoms with Gasteiger partial charge in [0.15, 0.2) is 5.96 Å². The van der Waals surface area contributed by atoms with Crippen LogP contribution in [0.25, 0.3) is 0 Å². The Balaban J connectivity index is 0.00000312. The summed E-state index contributed by atoms with van der Waals surface area (Å²) in [5, 5.41) is 4.29. The normalized spacial score (nSPS) is 17.1. The number of nitrogens with zero attached hydrogens (tertiary/aromatic N) is 4. The number of hydrogen-bond acceptors (Lipinski definition) is 2. The van der Waals surface area contributed by atoms with Gasteiger partial charge in [-0.05, 0) is 37.9 Å². The molecule has 0 amide bonds. The van der Waals surface area contributed by atoms with Crippen molar-refractivity contribution < 1.29 is 0 Å². The Bertz CT molecular complexity index is 540. The van der Waals surface area contributed by atoms with E-state index in [0.29, 0.717) is 5.92 Å². The maximum Gasteiger partial charge on any atom is 0.193 e. The van der Waals surface area contributed by atoms with Crippen molar-refractivity contribution in [1.82, 2.24) is 19.7 Å². The van der Waals surface area contributed by atoms with Gasteiger partial charge in [0.1, 0.15) is 0 Å². The summed E-state index contributed by atoms with van der Waals surface area (Å²) < 4.78 is 2.06. The second-order valence-electron chi connectivity index (χ2n) is 7.01. The van der Waals surface area contributed by atoms with Gasteiger partial charge >= 0.3 is 0 Å². The summed E-state index contributed by atoms with van der Waals surface area (Å²) in [6.07, 6.45) is 6.03. The Morgan fingerprint density at radius 3 is 2.60 bits per heavy atom. The van der Waals surface area contributed by atoms with E-state index in [1.54, 1.807) is 0 Å². The molecule has 1 saturated heterocycles. The van der Waals surface area contributed by atoms with Crippen molar-refractivity contribution in [2.24, 2.45) is 18.0 Å². The number of nitrogens with one attached hydrogen (secondary N) is 1. The summed E-state index contributed by atoms with van der Waals surface area (Å²) in [7, 11) is 5.92. The van der Waals surface area contributed by atoms with Crippen molar-refractivity contribution in [1.29, 1.82) is 0 Å². The lowest BCUT2D eigenvalue weighted by atomic mass is 10.1. The number of aromatic nitrogens is 1. The van der Waals surface area contributed by atoms with Crippen molar-refractivity contribution in [2.45, 2.75) is 32.7 Å². The van der Waals surface area contributed by atoms with E-state index in [0.717, 1.165) is 24.1 Å². The minimum absolute atomic E-state index is 0. The van der Waals surface area contributed by atoms with Crippen LogP contribution in [0.3, 0.4) is 0 Å². The first kappa shape index (κ1) is 22.6. The number of aliphatic imine (C=N–C) groups is 1. The fourth-order valence-electron chi connectivity index (χ4n) is 3.34. The predicted octanol–water partition coefficient (Wildman–Crippen LogP) is 3.43. The molecule has 144 valence electrons. The number of guanidine groups is 1. The number of hydrogen-bond donors (Lipinski definition) is 1. The SMILES string of the molecule is CN=C(NCC(C)CN1CCCCC1)N(C)Cc1cc(Cl)cn1C.I. The summed E-state index contributed by atoms with van der Waals surface area (Å²) in [4.78, 5) is 9.14. The fourth-order valence-corrected chi connectivity index (χ4v) is 3.61. The van der Waals surface area contributed by atoms with E-state index in [1.165, 1.54) is 44.6 Å². The molecule has 0 radical (unpaired) electrons. The number of piperidine rings is 1. The first-order chi connectivity index (χ1) is 11.5. The van der Waals surface area contributed by atoms with E-state index in [2.05, 4.69) is 38.6 Å². The molecule has 1 fully saturated rings. The second kappa shape index (κ2) is 11.3. The van der Waals surface area contributed by atoms with Crippen LogP contribution in [0.4, 0.5) is 0 Å².